The van der Waals surface area contributed by atoms with Gasteiger partial charge in [-0.15, -0.1) is 0 Å². The second-order valence-electron chi connectivity index (χ2n) is 5.40. The molecule has 149 valence electrons. The van der Waals surface area contributed by atoms with E-state index in [9.17, 15) is 16.9 Å². The Kier molecular flexibility index (Phi) is 9.64. The predicted octanol–water partition coefficient (Wildman–Crippen LogP) is 7.65. The molecule has 3 rings (SSSR count). The molecule has 1 aliphatic carbocycles. The third kappa shape index (κ3) is 18.0. The average molecular weight is 575 g/mol. The number of allylic oxidation sites excluding steroid dienone is 4. The van der Waals surface area contributed by atoms with Gasteiger partial charge >= 0.3 is 36.4 Å². The van der Waals surface area contributed by atoms with Crippen molar-refractivity contribution >= 4 is 30.2 Å². The van der Waals surface area contributed by atoms with E-state index in [1.807, 2.05) is 0 Å². The molecule has 0 saturated heterocycles. The molecule has 0 amide bonds. The Morgan fingerprint density at radius 2 is 0.692 bits per heavy atom. The monoisotopic (exact) mass is 574 g/mol. The van der Waals surface area contributed by atoms with E-state index in [1.54, 1.807) is 0 Å². The summed E-state index contributed by atoms with van der Waals surface area (Å²) in [6, 6.07) is 16.7. The molecular weight excluding hydrogens is 555 g/mol. The summed E-state index contributed by atoms with van der Waals surface area (Å²) >= 11 is -11.2. The molecule has 0 fully saturated rings. The largest absolute Gasteiger partial charge is 0.0616 e. The van der Waals surface area contributed by atoms with Crippen LogP contribution < -0.4 is 0 Å². The van der Waals surface area contributed by atoms with Gasteiger partial charge in [0.2, 0.25) is 0 Å². The molecule has 1 aliphatic rings. The van der Waals surface area contributed by atoms with Crippen LogP contribution in [0.5, 0.6) is 0 Å². The zero-order valence-corrected chi connectivity index (χ0v) is 18.0. The first-order chi connectivity index (χ1) is 11.4. The Labute approximate surface area is 164 Å². The molecule has 1 radical (unpaired) electrons. The summed E-state index contributed by atoms with van der Waals surface area (Å²) in [6.45, 7) is 0. The van der Waals surface area contributed by atoms with E-state index >= 15 is 0 Å². The third-order valence-electron chi connectivity index (χ3n) is 2.99. The summed E-state index contributed by atoms with van der Waals surface area (Å²) in [7, 11) is 0. The maximum Gasteiger partial charge on any atom is 0 e. The van der Waals surface area contributed by atoms with Crippen molar-refractivity contribution in [3.8, 4) is 0 Å². The molecule has 0 nitrogen and oxygen atoms in total. The molecular formula is C18H20F6RhSb-. The Hall–Kier alpha value is -0.798. The van der Waals surface area contributed by atoms with Gasteiger partial charge in [-0.2, -0.15) is 0 Å². The van der Waals surface area contributed by atoms with Gasteiger partial charge in [-0.3, -0.25) is 0 Å². The van der Waals surface area contributed by atoms with Crippen LogP contribution in [-0.2, 0) is 19.5 Å². The molecule has 26 heavy (non-hydrogen) atoms. The van der Waals surface area contributed by atoms with Gasteiger partial charge in [-0.1, -0.05) is 72.8 Å². The van der Waals surface area contributed by atoms with Crippen LogP contribution in [0.3, 0.4) is 0 Å². The van der Waals surface area contributed by atoms with Gasteiger partial charge in [0.15, 0.2) is 0 Å². The SMILES string of the molecule is C1=C\CC/C=C\CC/1.[F][Sb-]([F])([F])([F])([F])[F].[Rh].c1ccc2ccccc2c1. The van der Waals surface area contributed by atoms with E-state index < -0.39 is 19.5 Å². The molecule has 0 N–H and O–H groups in total. The fourth-order valence-corrected chi connectivity index (χ4v) is 1.99. The molecule has 0 aliphatic heterocycles. The quantitative estimate of drug-likeness (QED) is 0.172. The molecule has 0 atom stereocenters. The third-order valence-corrected chi connectivity index (χ3v) is 2.99. The number of hydrogen-bond donors (Lipinski definition) is 0. The van der Waals surface area contributed by atoms with Crippen LogP contribution >= 0.6 is 0 Å². The van der Waals surface area contributed by atoms with Crippen LogP contribution in [0.25, 0.3) is 10.8 Å². The van der Waals surface area contributed by atoms with Crippen molar-refractivity contribution in [3.63, 3.8) is 0 Å². The van der Waals surface area contributed by atoms with Gasteiger partial charge in [-0.25, -0.2) is 0 Å². The first-order valence-electron chi connectivity index (χ1n) is 7.72. The minimum Gasteiger partial charge on any atom is -0.0616 e. The van der Waals surface area contributed by atoms with E-state index in [-0.39, 0.29) is 19.5 Å². The molecule has 0 heterocycles. The second kappa shape index (κ2) is 9.94. The summed E-state index contributed by atoms with van der Waals surface area (Å²) in [6.07, 6.45) is 14.0. The van der Waals surface area contributed by atoms with Crippen molar-refractivity contribution in [3.05, 3.63) is 72.8 Å². The van der Waals surface area contributed by atoms with Crippen LogP contribution in [0, 0.1) is 0 Å². The molecule has 0 bridgehead atoms. The predicted molar refractivity (Wildman–Crippen MR) is 93.1 cm³/mol. The molecule has 0 unspecified atom stereocenters. The van der Waals surface area contributed by atoms with Crippen molar-refractivity contribution < 1.29 is 36.4 Å². The minimum atomic E-state index is -11.2. The van der Waals surface area contributed by atoms with E-state index in [2.05, 4.69) is 72.8 Å². The van der Waals surface area contributed by atoms with E-state index in [0.29, 0.717) is 0 Å². The summed E-state index contributed by atoms with van der Waals surface area (Å²) in [5, 5.41) is 2.62. The molecule has 8 heteroatoms. The van der Waals surface area contributed by atoms with Crippen molar-refractivity contribution in [1.82, 2.24) is 0 Å². The van der Waals surface area contributed by atoms with Crippen molar-refractivity contribution in [2.45, 2.75) is 25.7 Å². The summed E-state index contributed by atoms with van der Waals surface area (Å²) in [5.41, 5.74) is 0. The topological polar surface area (TPSA) is 0 Å². The number of benzene rings is 2. The zero-order valence-electron chi connectivity index (χ0n) is 13.8. The maximum atomic E-state index is 9.93. The minimum absolute atomic E-state index is 0. The van der Waals surface area contributed by atoms with E-state index in [1.165, 1.54) is 36.5 Å². The number of hydrogen-bond acceptors (Lipinski definition) is 0. The van der Waals surface area contributed by atoms with Crippen LogP contribution in [0.1, 0.15) is 25.7 Å². The average Bonchev–Trinajstić information content (AvgIpc) is 2.44. The van der Waals surface area contributed by atoms with Gasteiger partial charge in [0.05, 0.1) is 0 Å². The van der Waals surface area contributed by atoms with Gasteiger partial charge < -0.3 is 0 Å². The fraction of sp³-hybridized carbons (Fsp3) is 0.222. The van der Waals surface area contributed by atoms with Gasteiger partial charge in [0.25, 0.3) is 0 Å². The van der Waals surface area contributed by atoms with Crippen molar-refractivity contribution in [2.24, 2.45) is 0 Å². The normalized spacial score (nSPS) is 18.7. The van der Waals surface area contributed by atoms with E-state index in [0.717, 1.165) is 0 Å². The van der Waals surface area contributed by atoms with Crippen molar-refractivity contribution in [1.29, 1.82) is 0 Å². The number of rotatable bonds is 0. The van der Waals surface area contributed by atoms with Gasteiger partial charge in [0, 0.05) is 19.5 Å². The number of halogens is 6. The van der Waals surface area contributed by atoms with E-state index in [4.69, 9.17) is 0 Å². The second-order valence-corrected chi connectivity index (χ2v) is 10.9. The van der Waals surface area contributed by atoms with Crippen LogP contribution in [-0.4, -0.2) is 19.5 Å². The fourth-order valence-electron chi connectivity index (χ4n) is 1.99. The number of fused-ring (bicyclic) bond motifs is 1. The van der Waals surface area contributed by atoms with Gasteiger partial charge in [0.1, 0.15) is 0 Å². The smallest absolute Gasteiger partial charge is 0 e. The summed E-state index contributed by atoms with van der Waals surface area (Å²) < 4.78 is 59.6. The van der Waals surface area contributed by atoms with Gasteiger partial charge in [-0.05, 0) is 36.5 Å². The molecule has 0 aromatic heterocycles. The summed E-state index contributed by atoms with van der Waals surface area (Å²) in [5.74, 6) is 0. The molecule has 2 aromatic carbocycles. The summed E-state index contributed by atoms with van der Waals surface area (Å²) in [4.78, 5) is 0. The molecule has 0 spiro atoms. The van der Waals surface area contributed by atoms with Crippen molar-refractivity contribution in [2.75, 3.05) is 0 Å². The Morgan fingerprint density at radius 1 is 0.500 bits per heavy atom. The van der Waals surface area contributed by atoms with Crippen LogP contribution in [0.15, 0.2) is 72.8 Å². The zero-order chi connectivity index (χ0) is 18.9. The first-order valence-corrected chi connectivity index (χ1v) is 13.5. The molecule has 2 aromatic rings. The maximum absolute atomic E-state index is 11.2. The van der Waals surface area contributed by atoms with Crippen LogP contribution in [0.2, 0.25) is 0 Å². The first kappa shape index (κ1) is 25.2. The Balaban J connectivity index is 0.000000362. The van der Waals surface area contributed by atoms with Crippen LogP contribution in [0.4, 0.5) is 16.9 Å². The standard InChI is InChI=1S/C10H8.C8H12.6FH.Rh.Sb/c1-2-6-10-8-4-3-7-9(10)5-1;1-2-4-6-8-7-5-3-1;;;;;;;;/h1-8H;1-2,7-8H,3-6H2;6*1H;;/q;;;;;;;;;+5/p-6/b;2-1-,8-7-;;;;;;;;. The Bertz CT molecular complexity index is 620. The molecule has 0 saturated carbocycles. The Morgan fingerprint density at radius 3 is 0.885 bits per heavy atom.